The zero-order valence-corrected chi connectivity index (χ0v) is 37.6. The summed E-state index contributed by atoms with van der Waals surface area (Å²) in [5.74, 6) is 4.62. The normalized spacial score (nSPS) is 20.4. The van der Waals surface area contributed by atoms with Crippen molar-refractivity contribution in [2.75, 3.05) is 55.6 Å². The highest BCUT2D eigenvalue weighted by Gasteiger charge is 2.35. The van der Waals surface area contributed by atoms with Crippen LogP contribution in [0.15, 0.2) is 107 Å². The first-order valence-electron chi connectivity index (χ1n) is 22.8. The number of aliphatic imine (C=N–C) groups is 1. The van der Waals surface area contributed by atoms with E-state index in [2.05, 4.69) is 121 Å². The fraction of sp³-hybridized carbons (Fsp3) is 0.373. The molecule has 0 bridgehead atoms. The fourth-order valence-corrected chi connectivity index (χ4v) is 11.9. The number of piperidine rings is 1. The molecule has 2 saturated heterocycles. The van der Waals surface area contributed by atoms with E-state index in [0.717, 1.165) is 116 Å². The van der Waals surface area contributed by atoms with Gasteiger partial charge in [-0.15, -0.1) is 21.5 Å². The van der Waals surface area contributed by atoms with Gasteiger partial charge in [-0.25, -0.2) is 15.0 Å². The smallest absolute Gasteiger partial charge is 0.225 e. The molecule has 4 aromatic heterocycles. The molecule has 1 N–H and O–H groups in total. The Morgan fingerprint density at radius 3 is 2.33 bits per heavy atom. The molecule has 12 nitrogen and oxygen atoms in total. The van der Waals surface area contributed by atoms with E-state index in [1.807, 2.05) is 19.1 Å². The molecular weight excluding hydrogens is 817 g/mol. The van der Waals surface area contributed by atoms with Gasteiger partial charge in [0.05, 0.1) is 18.3 Å². The lowest BCUT2D eigenvalue weighted by Crippen LogP contribution is -2.49. The van der Waals surface area contributed by atoms with E-state index in [4.69, 9.17) is 19.4 Å². The van der Waals surface area contributed by atoms with Crippen molar-refractivity contribution in [2.45, 2.75) is 70.8 Å². The van der Waals surface area contributed by atoms with E-state index >= 15 is 0 Å². The van der Waals surface area contributed by atoms with Gasteiger partial charge in [-0.2, -0.15) is 0 Å². The van der Waals surface area contributed by atoms with Crippen LogP contribution in [0.2, 0.25) is 0 Å². The number of aromatic nitrogens is 6. The Morgan fingerprint density at radius 2 is 1.58 bits per heavy atom. The van der Waals surface area contributed by atoms with E-state index in [1.54, 1.807) is 23.8 Å². The molecule has 2 fully saturated rings. The predicted octanol–water partition coefficient (Wildman–Crippen LogP) is 8.77. The number of nitrogens with zero attached hydrogens (tertiary/aromatic N) is 10. The number of hydrogen-bond acceptors (Lipinski definition) is 12. The summed E-state index contributed by atoms with van der Waals surface area (Å²) in [4.78, 5) is 28.6. The van der Waals surface area contributed by atoms with Gasteiger partial charge in [-0.3, -0.25) is 14.5 Å². The molecule has 3 aliphatic heterocycles. The third-order valence-electron chi connectivity index (χ3n) is 14.2. The minimum Gasteiger partial charge on any atom is -0.508 e. The molecule has 7 aromatic rings. The van der Waals surface area contributed by atoms with E-state index < -0.39 is 0 Å². The van der Waals surface area contributed by atoms with Crippen molar-refractivity contribution in [1.29, 1.82) is 0 Å². The quantitative estimate of drug-likeness (QED) is 0.151. The van der Waals surface area contributed by atoms with Gasteiger partial charge in [0.2, 0.25) is 5.95 Å². The van der Waals surface area contributed by atoms with Crippen molar-refractivity contribution in [1.82, 2.24) is 34.6 Å². The number of aryl methyl sites for hydroxylation is 3. The van der Waals surface area contributed by atoms with Crippen LogP contribution in [-0.4, -0.2) is 91.2 Å². The number of hydrogen-bond donors (Lipinski definition) is 1. The van der Waals surface area contributed by atoms with Crippen LogP contribution in [0.3, 0.4) is 0 Å². The summed E-state index contributed by atoms with van der Waals surface area (Å²) in [6.07, 6.45) is 12.2. The van der Waals surface area contributed by atoms with Crippen LogP contribution in [0.5, 0.6) is 5.75 Å². The number of oxazole rings is 1. The van der Waals surface area contributed by atoms with Crippen LogP contribution < -0.4 is 9.80 Å². The van der Waals surface area contributed by atoms with Gasteiger partial charge >= 0.3 is 0 Å². The second-order valence-electron chi connectivity index (χ2n) is 18.0. The highest BCUT2D eigenvalue weighted by Crippen LogP contribution is 2.47. The molecular formula is C51H54N10O2S. The van der Waals surface area contributed by atoms with Gasteiger partial charge in [0, 0.05) is 85.8 Å². The standard InChI is InChI=1S/C51H54N10O2S/c1-32-33(2)64-50-46(32)48(55-44(28-45-52-19-26-63-45)49-57-56-34(3)61(49)50)37-9-12-40(13-10-37)59-24-22-58(23-25-59)31-35-17-20-60(21-18-35)51-53-29-39(30-54-51)47-42(36-7-5-4-6-8-36)15-11-38-27-41(62)14-16-43(38)47/h4-10,12-14,16,19,26-27,29-30,35,42,44,47,62H,11,15,17-18,20-25,28,31H2,1-3H3/t42-,44+,47+/m1/s1. The average molecular weight is 871 g/mol. The highest BCUT2D eigenvalue weighted by molar-refractivity contribution is 7.15. The summed E-state index contributed by atoms with van der Waals surface area (Å²) in [5.41, 5.74) is 10.7. The lowest BCUT2D eigenvalue weighted by molar-refractivity contribution is 0.201. The van der Waals surface area contributed by atoms with Crippen LogP contribution in [-0.2, 0) is 12.8 Å². The molecule has 7 heterocycles. The summed E-state index contributed by atoms with van der Waals surface area (Å²) < 4.78 is 7.86. The fourth-order valence-electron chi connectivity index (χ4n) is 10.7. The second-order valence-corrected chi connectivity index (χ2v) is 19.2. The average Bonchev–Trinajstić information content (AvgIpc) is 4.04. The van der Waals surface area contributed by atoms with Gasteiger partial charge < -0.3 is 19.3 Å². The Labute approximate surface area is 378 Å². The Hall–Kier alpha value is -6.18. The molecule has 13 heteroatoms. The van der Waals surface area contributed by atoms with Crippen LogP contribution in [0.4, 0.5) is 11.6 Å². The number of rotatable bonds is 9. The Kier molecular flexibility index (Phi) is 10.8. The lowest BCUT2D eigenvalue weighted by atomic mass is 9.70. The van der Waals surface area contributed by atoms with Crippen molar-refractivity contribution in [2.24, 2.45) is 10.9 Å². The lowest BCUT2D eigenvalue weighted by Gasteiger charge is -2.39. The number of phenolic OH excluding ortho intramolecular Hbond substituents is 1. The first kappa shape index (κ1) is 40.6. The minimum atomic E-state index is -0.286. The molecule has 1 aliphatic carbocycles. The minimum absolute atomic E-state index is 0.149. The topological polar surface area (TPSA) is 125 Å². The van der Waals surface area contributed by atoms with E-state index in [0.29, 0.717) is 29.9 Å². The van der Waals surface area contributed by atoms with Crippen LogP contribution >= 0.6 is 11.3 Å². The molecule has 3 atom stereocenters. The molecule has 0 unspecified atom stereocenters. The van der Waals surface area contributed by atoms with Crippen molar-refractivity contribution in [3.63, 3.8) is 0 Å². The van der Waals surface area contributed by atoms with Crippen molar-refractivity contribution < 1.29 is 9.52 Å². The van der Waals surface area contributed by atoms with Crippen molar-refractivity contribution in [3.05, 3.63) is 159 Å². The van der Waals surface area contributed by atoms with E-state index in [9.17, 15) is 5.11 Å². The third kappa shape index (κ3) is 7.68. The SMILES string of the molecule is Cc1sc2c(c1C)C(c1ccc(N3CCN(CC4CCN(c5ncc([C@@H]6c7ccc(O)cc7CC[C@@H]6c6ccccc6)cn5)CC4)CC3)cc1)=N[C@@H](Cc1ncco1)c1nnc(C)n1-2. The molecule has 4 aliphatic rings. The zero-order chi connectivity index (χ0) is 43.3. The number of phenols is 1. The summed E-state index contributed by atoms with van der Waals surface area (Å²) >= 11 is 1.78. The molecule has 326 valence electrons. The summed E-state index contributed by atoms with van der Waals surface area (Å²) in [7, 11) is 0. The largest absolute Gasteiger partial charge is 0.508 e. The number of anilines is 2. The number of aromatic hydroxyl groups is 1. The van der Waals surface area contributed by atoms with Crippen molar-refractivity contribution >= 4 is 28.7 Å². The number of fused-ring (bicyclic) bond motifs is 4. The van der Waals surface area contributed by atoms with Gasteiger partial charge in [0.25, 0.3) is 0 Å². The second kappa shape index (κ2) is 17.1. The van der Waals surface area contributed by atoms with E-state index in [1.165, 1.54) is 32.8 Å². The molecule has 0 saturated carbocycles. The predicted molar refractivity (Wildman–Crippen MR) is 252 cm³/mol. The van der Waals surface area contributed by atoms with E-state index in [-0.39, 0.29) is 12.0 Å². The summed E-state index contributed by atoms with van der Waals surface area (Å²) in [6, 6.07) is 25.4. The molecule has 0 amide bonds. The van der Waals surface area contributed by atoms with Gasteiger partial charge in [0.1, 0.15) is 28.9 Å². The van der Waals surface area contributed by atoms with Crippen LogP contribution in [0.25, 0.3) is 5.00 Å². The van der Waals surface area contributed by atoms with Gasteiger partial charge in [0.15, 0.2) is 11.7 Å². The third-order valence-corrected chi connectivity index (χ3v) is 15.4. The molecule has 0 spiro atoms. The van der Waals surface area contributed by atoms with Crippen LogP contribution in [0.1, 0.15) is 98.5 Å². The van der Waals surface area contributed by atoms with Gasteiger partial charge in [-0.1, -0.05) is 48.5 Å². The highest BCUT2D eigenvalue weighted by atomic mass is 32.1. The molecule has 64 heavy (non-hydrogen) atoms. The first-order valence-corrected chi connectivity index (χ1v) is 23.7. The maximum atomic E-state index is 10.3. The van der Waals surface area contributed by atoms with Crippen molar-refractivity contribution in [3.8, 4) is 10.8 Å². The Morgan fingerprint density at radius 1 is 0.797 bits per heavy atom. The summed E-state index contributed by atoms with van der Waals surface area (Å²) in [6.45, 7) is 13.6. The zero-order valence-electron chi connectivity index (χ0n) is 36.8. The number of piperazine rings is 1. The summed E-state index contributed by atoms with van der Waals surface area (Å²) in [5, 5.41) is 20.5. The number of thiophene rings is 1. The van der Waals surface area contributed by atoms with Crippen LogP contribution in [0, 0.1) is 26.7 Å². The Balaban J connectivity index is 0.717. The molecule has 3 aromatic carbocycles. The van der Waals surface area contributed by atoms with Gasteiger partial charge in [-0.05, 0) is 110 Å². The number of benzene rings is 3. The maximum absolute atomic E-state index is 10.3. The maximum Gasteiger partial charge on any atom is 0.225 e. The monoisotopic (exact) mass is 870 g/mol. The Bertz CT molecular complexity index is 2770. The molecule has 0 radical (unpaired) electrons. The first-order chi connectivity index (χ1) is 31.3. The molecule has 11 rings (SSSR count).